The van der Waals surface area contributed by atoms with Crippen LogP contribution < -0.4 is 0 Å². The highest BCUT2D eigenvalue weighted by atomic mass is 32.1. The van der Waals surface area contributed by atoms with Gasteiger partial charge < -0.3 is 4.57 Å². The third kappa shape index (κ3) is 2.44. The first kappa shape index (κ1) is 16.5. The summed E-state index contributed by atoms with van der Waals surface area (Å²) in [5, 5.41) is 5.25. The molecule has 3 heteroatoms. The fourth-order valence-electron chi connectivity index (χ4n) is 4.34. The number of hydrogen-bond acceptors (Lipinski definition) is 2. The van der Waals surface area contributed by atoms with Gasteiger partial charge in [0.25, 0.3) is 0 Å². The molecule has 2 aromatic heterocycles. The second-order valence-corrected chi connectivity index (χ2v) is 8.45. The minimum atomic E-state index is 0.648. The van der Waals surface area contributed by atoms with Crippen LogP contribution in [0.1, 0.15) is 5.56 Å². The lowest BCUT2D eigenvalue weighted by Gasteiger charge is -2.09. The van der Waals surface area contributed by atoms with E-state index in [0.29, 0.717) is 6.54 Å². The van der Waals surface area contributed by atoms with Crippen molar-refractivity contribution in [1.82, 2.24) is 4.57 Å². The quantitative estimate of drug-likeness (QED) is 0.281. The third-order valence-electron chi connectivity index (χ3n) is 5.66. The van der Waals surface area contributed by atoms with Crippen LogP contribution in [0.3, 0.4) is 0 Å². The summed E-state index contributed by atoms with van der Waals surface area (Å²) < 4.78 is 5.06. The average Bonchev–Trinajstić information content (AvgIpc) is 3.28. The predicted octanol–water partition coefficient (Wildman–Crippen LogP) is 7.35. The van der Waals surface area contributed by atoms with Gasteiger partial charge in [0.05, 0.1) is 17.6 Å². The molecule has 29 heavy (non-hydrogen) atoms. The van der Waals surface area contributed by atoms with Crippen LogP contribution in [0.15, 0.2) is 89.9 Å². The monoisotopic (exact) mass is 390 g/mol. The minimum Gasteiger partial charge on any atom is -0.309 e. The molecule has 2 nitrogen and oxygen atoms in total. The Balaban J connectivity index is 1.73. The number of rotatable bonds is 3. The van der Waals surface area contributed by atoms with Gasteiger partial charge in [0.2, 0.25) is 0 Å². The van der Waals surface area contributed by atoms with Gasteiger partial charge >= 0.3 is 0 Å². The molecular formula is C26H18N2S. The number of nitrogens with zero attached hydrogens (tertiary/aromatic N) is 2. The Labute approximate surface area is 172 Å². The van der Waals surface area contributed by atoms with E-state index in [4.69, 9.17) is 0 Å². The maximum absolute atomic E-state index is 4.00. The number of para-hydroxylation sites is 1. The van der Waals surface area contributed by atoms with Crippen LogP contribution in [0.4, 0.5) is 0 Å². The van der Waals surface area contributed by atoms with Gasteiger partial charge in [0, 0.05) is 36.6 Å². The van der Waals surface area contributed by atoms with E-state index >= 15 is 0 Å². The second-order valence-electron chi connectivity index (χ2n) is 7.36. The van der Waals surface area contributed by atoms with Crippen molar-refractivity contribution in [2.75, 3.05) is 0 Å². The summed E-state index contributed by atoms with van der Waals surface area (Å²) in [6.07, 6.45) is 0. The topological polar surface area (TPSA) is 17.3 Å². The Morgan fingerprint density at radius 3 is 2.28 bits per heavy atom. The van der Waals surface area contributed by atoms with E-state index in [0.717, 1.165) is 0 Å². The van der Waals surface area contributed by atoms with Crippen molar-refractivity contribution in [3.8, 4) is 5.69 Å². The van der Waals surface area contributed by atoms with Crippen molar-refractivity contribution in [1.29, 1.82) is 0 Å². The van der Waals surface area contributed by atoms with Crippen molar-refractivity contribution in [2.45, 2.75) is 6.54 Å². The van der Waals surface area contributed by atoms with Gasteiger partial charge in [-0.2, -0.15) is 0 Å². The van der Waals surface area contributed by atoms with Gasteiger partial charge in [-0.25, -0.2) is 0 Å². The van der Waals surface area contributed by atoms with E-state index in [1.807, 2.05) is 11.3 Å². The highest BCUT2D eigenvalue weighted by molar-refractivity contribution is 7.25. The molecule has 0 N–H and O–H groups in total. The lowest BCUT2D eigenvalue weighted by molar-refractivity contribution is 1.07. The summed E-state index contributed by atoms with van der Waals surface area (Å²) in [6.45, 7) is 4.25. The van der Waals surface area contributed by atoms with Crippen molar-refractivity contribution >= 4 is 60.0 Å². The van der Waals surface area contributed by atoms with Crippen molar-refractivity contribution in [2.24, 2.45) is 4.99 Å². The lowest BCUT2D eigenvalue weighted by Crippen LogP contribution is -1.94. The van der Waals surface area contributed by atoms with Gasteiger partial charge in [-0.1, -0.05) is 48.5 Å². The van der Waals surface area contributed by atoms with Crippen LogP contribution in [0.5, 0.6) is 0 Å². The molecule has 0 saturated heterocycles. The summed E-state index contributed by atoms with van der Waals surface area (Å²) in [6, 6.07) is 30.7. The van der Waals surface area contributed by atoms with Crippen molar-refractivity contribution in [3.05, 3.63) is 90.5 Å². The fraction of sp³-hybridized carbons (Fsp3) is 0.0385. The van der Waals surface area contributed by atoms with Gasteiger partial charge in [-0.3, -0.25) is 4.99 Å². The molecule has 2 heterocycles. The van der Waals surface area contributed by atoms with Gasteiger partial charge in [-0.05, 0) is 48.7 Å². The maximum atomic E-state index is 4.00. The molecule has 6 aromatic rings. The molecule has 0 aliphatic rings. The average molecular weight is 391 g/mol. The Morgan fingerprint density at radius 1 is 0.690 bits per heavy atom. The van der Waals surface area contributed by atoms with E-state index in [1.54, 1.807) is 0 Å². The number of hydrogen-bond donors (Lipinski definition) is 0. The number of benzene rings is 4. The zero-order valence-corrected chi connectivity index (χ0v) is 16.6. The van der Waals surface area contributed by atoms with Crippen LogP contribution >= 0.6 is 11.3 Å². The first-order chi connectivity index (χ1) is 14.3. The summed E-state index contributed by atoms with van der Waals surface area (Å²) >= 11 is 1.87. The van der Waals surface area contributed by atoms with E-state index in [-0.39, 0.29) is 0 Å². The van der Waals surface area contributed by atoms with Crippen LogP contribution in [0.2, 0.25) is 0 Å². The molecule has 0 fully saturated rings. The molecule has 0 radical (unpaired) electrons. The van der Waals surface area contributed by atoms with Crippen LogP contribution in [0.25, 0.3) is 47.7 Å². The molecule has 4 aromatic carbocycles. The first-order valence-corrected chi connectivity index (χ1v) is 10.5. The van der Waals surface area contributed by atoms with Gasteiger partial charge in [0.15, 0.2) is 0 Å². The zero-order valence-electron chi connectivity index (χ0n) is 15.8. The van der Waals surface area contributed by atoms with Gasteiger partial charge in [-0.15, -0.1) is 11.3 Å². The zero-order chi connectivity index (χ0) is 19.4. The molecule has 6 rings (SSSR count). The van der Waals surface area contributed by atoms with Gasteiger partial charge in [0.1, 0.15) is 0 Å². The highest BCUT2D eigenvalue weighted by Gasteiger charge is 2.15. The summed E-state index contributed by atoms with van der Waals surface area (Å²) in [5.74, 6) is 0. The first-order valence-electron chi connectivity index (χ1n) is 9.70. The van der Waals surface area contributed by atoms with Crippen LogP contribution in [0, 0.1) is 0 Å². The predicted molar refractivity (Wildman–Crippen MR) is 127 cm³/mol. The molecule has 0 atom stereocenters. The third-order valence-corrected chi connectivity index (χ3v) is 6.79. The van der Waals surface area contributed by atoms with Crippen LogP contribution in [-0.4, -0.2) is 11.3 Å². The van der Waals surface area contributed by atoms with E-state index in [9.17, 15) is 0 Å². The second kappa shape index (κ2) is 6.29. The summed E-state index contributed by atoms with van der Waals surface area (Å²) in [7, 11) is 0. The Morgan fingerprint density at radius 2 is 1.45 bits per heavy atom. The van der Waals surface area contributed by atoms with Crippen molar-refractivity contribution < 1.29 is 0 Å². The minimum absolute atomic E-state index is 0.648. The standard InChI is InChI=1S/C26H18N2S/c1-27-16-17-10-12-18(13-11-17)28-23-8-4-2-6-19(23)21-15-26-22(14-24(21)28)20-7-3-5-9-25(20)29-26/h2-15H,1,16H2. The molecule has 0 aliphatic heterocycles. The number of thiophene rings is 1. The summed E-state index contributed by atoms with van der Waals surface area (Å²) in [5.41, 5.74) is 4.83. The molecule has 0 saturated carbocycles. The SMILES string of the molecule is C=NCc1ccc(-n2c3ccccc3c3cc4sc5ccccc5c4cc32)cc1. The van der Waals surface area contributed by atoms with Crippen LogP contribution in [-0.2, 0) is 6.54 Å². The number of aliphatic imine (C=N–C) groups is 1. The Hall–Kier alpha value is -3.43. The molecule has 0 spiro atoms. The molecule has 0 unspecified atom stereocenters. The molecule has 0 aliphatic carbocycles. The van der Waals surface area contributed by atoms with E-state index in [2.05, 4.69) is 101 Å². The molecular weight excluding hydrogens is 372 g/mol. The normalized spacial score (nSPS) is 11.7. The number of fused-ring (bicyclic) bond motifs is 6. The largest absolute Gasteiger partial charge is 0.309 e. The van der Waals surface area contributed by atoms with E-state index in [1.165, 1.54) is 53.2 Å². The van der Waals surface area contributed by atoms with Crippen molar-refractivity contribution in [3.63, 3.8) is 0 Å². The lowest BCUT2D eigenvalue weighted by atomic mass is 10.1. The highest BCUT2D eigenvalue weighted by Crippen LogP contribution is 2.40. The van der Waals surface area contributed by atoms with E-state index < -0.39 is 0 Å². The Kier molecular flexibility index (Phi) is 3.58. The number of aromatic nitrogens is 1. The molecule has 138 valence electrons. The summed E-state index contributed by atoms with van der Waals surface area (Å²) in [4.78, 5) is 4.00. The fourth-order valence-corrected chi connectivity index (χ4v) is 5.47. The molecule has 0 bridgehead atoms. The smallest absolute Gasteiger partial charge is 0.0632 e. The Bertz CT molecular complexity index is 1530. The maximum Gasteiger partial charge on any atom is 0.0632 e. The molecule has 0 amide bonds.